The van der Waals surface area contributed by atoms with Crippen molar-refractivity contribution in [1.29, 1.82) is 0 Å². The monoisotopic (exact) mass is 313 g/mol. The molecule has 7 heteroatoms. The topological polar surface area (TPSA) is 49.6 Å². The first-order valence-corrected chi connectivity index (χ1v) is 7.09. The van der Waals surface area contributed by atoms with Crippen LogP contribution in [-0.4, -0.2) is 53.4 Å². The predicted octanol–water partition coefficient (Wildman–Crippen LogP) is 0.938. The number of carbonyl (C=O) groups is 1. The van der Waals surface area contributed by atoms with Gasteiger partial charge < -0.3 is 10.6 Å². The summed E-state index contributed by atoms with van der Waals surface area (Å²) in [5.41, 5.74) is 5.31. The van der Waals surface area contributed by atoms with Crippen LogP contribution in [0.15, 0.2) is 18.2 Å². The van der Waals surface area contributed by atoms with E-state index >= 15 is 0 Å². The molecule has 0 atom stereocenters. The molecular formula is C14H17F2N3OS. The molecule has 0 aliphatic carbocycles. The molecule has 1 amide bonds. The number of piperazine rings is 1. The highest BCUT2D eigenvalue weighted by Gasteiger charge is 2.23. The Hall–Kier alpha value is -1.60. The summed E-state index contributed by atoms with van der Waals surface area (Å²) in [6, 6.07) is 3.60. The zero-order valence-corrected chi connectivity index (χ0v) is 12.3. The predicted molar refractivity (Wildman–Crippen MR) is 79.9 cm³/mol. The van der Waals surface area contributed by atoms with Crippen LogP contribution in [-0.2, 0) is 11.2 Å². The van der Waals surface area contributed by atoms with E-state index in [4.69, 9.17) is 18.0 Å². The molecule has 2 rings (SSSR count). The van der Waals surface area contributed by atoms with E-state index in [-0.39, 0.29) is 17.9 Å². The summed E-state index contributed by atoms with van der Waals surface area (Å²) in [6.07, 6.45) is -0.256. The van der Waals surface area contributed by atoms with E-state index in [1.54, 1.807) is 4.90 Å². The largest absolute Gasteiger partial charge is 0.392 e. The van der Waals surface area contributed by atoms with Crippen molar-refractivity contribution in [1.82, 2.24) is 9.80 Å². The van der Waals surface area contributed by atoms with Gasteiger partial charge in [-0.3, -0.25) is 9.69 Å². The highest BCUT2D eigenvalue weighted by molar-refractivity contribution is 7.80. The minimum absolute atomic E-state index is 0.173. The number of hydrogen-bond acceptors (Lipinski definition) is 3. The van der Waals surface area contributed by atoms with Crippen molar-refractivity contribution in [3.8, 4) is 0 Å². The van der Waals surface area contributed by atoms with Gasteiger partial charge in [-0.15, -0.1) is 0 Å². The SMILES string of the molecule is NC(=S)CN1CCN(C(=O)Cc2c(F)cccc2F)CC1. The smallest absolute Gasteiger partial charge is 0.227 e. The van der Waals surface area contributed by atoms with Gasteiger partial charge in [-0.05, 0) is 12.1 Å². The number of nitrogens with zero attached hydrogens (tertiary/aromatic N) is 2. The molecule has 1 heterocycles. The number of thiocarbonyl (C=S) groups is 1. The first-order valence-electron chi connectivity index (χ1n) is 6.68. The average molecular weight is 313 g/mol. The molecule has 1 aliphatic rings. The van der Waals surface area contributed by atoms with Crippen molar-refractivity contribution in [2.24, 2.45) is 5.73 Å². The van der Waals surface area contributed by atoms with Gasteiger partial charge in [-0.25, -0.2) is 8.78 Å². The van der Waals surface area contributed by atoms with Crippen molar-refractivity contribution in [3.05, 3.63) is 35.4 Å². The molecule has 0 radical (unpaired) electrons. The first kappa shape index (κ1) is 15.8. The van der Waals surface area contributed by atoms with Crippen LogP contribution >= 0.6 is 12.2 Å². The van der Waals surface area contributed by atoms with Crippen LogP contribution in [0, 0.1) is 11.6 Å². The highest BCUT2D eigenvalue weighted by Crippen LogP contribution is 2.14. The lowest BCUT2D eigenvalue weighted by atomic mass is 10.1. The Kier molecular flexibility index (Phi) is 5.19. The number of benzene rings is 1. The van der Waals surface area contributed by atoms with Crippen LogP contribution in [0.4, 0.5) is 8.78 Å². The van der Waals surface area contributed by atoms with E-state index in [0.717, 1.165) is 12.1 Å². The quantitative estimate of drug-likeness (QED) is 0.841. The van der Waals surface area contributed by atoms with Gasteiger partial charge in [0.05, 0.1) is 11.4 Å². The summed E-state index contributed by atoms with van der Waals surface area (Å²) < 4.78 is 27.1. The van der Waals surface area contributed by atoms with Gasteiger partial charge >= 0.3 is 0 Å². The Morgan fingerprint density at radius 1 is 1.19 bits per heavy atom. The average Bonchev–Trinajstić information content (AvgIpc) is 2.43. The van der Waals surface area contributed by atoms with Crippen LogP contribution in [0.2, 0.25) is 0 Å². The zero-order chi connectivity index (χ0) is 15.4. The van der Waals surface area contributed by atoms with E-state index in [2.05, 4.69) is 4.90 Å². The van der Waals surface area contributed by atoms with E-state index < -0.39 is 11.6 Å². The second kappa shape index (κ2) is 6.91. The highest BCUT2D eigenvalue weighted by atomic mass is 32.1. The number of halogens is 2. The summed E-state index contributed by atoms with van der Waals surface area (Å²) in [5.74, 6) is -1.64. The standard InChI is InChI=1S/C14H17F2N3OS/c15-11-2-1-3-12(16)10(11)8-14(20)19-6-4-18(5-7-19)9-13(17)21/h1-3H,4-9H2,(H2,17,21). The van der Waals surface area contributed by atoms with Crippen molar-refractivity contribution < 1.29 is 13.6 Å². The number of carbonyl (C=O) groups excluding carboxylic acids is 1. The lowest BCUT2D eigenvalue weighted by molar-refractivity contribution is -0.132. The van der Waals surface area contributed by atoms with Crippen LogP contribution in [0.3, 0.4) is 0 Å². The van der Waals surface area contributed by atoms with Gasteiger partial charge in [0.25, 0.3) is 0 Å². The summed E-state index contributed by atoms with van der Waals surface area (Å²) in [4.78, 5) is 16.2. The van der Waals surface area contributed by atoms with Gasteiger partial charge in [-0.1, -0.05) is 18.3 Å². The molecule has 0 aromatic heterocycles. The summed E-state index contributed by atoms with van der Waals surface area (Å²) in [7, 11) is 0. The third kappa shape index (κ3) is 4.18. The van der Waals surface area contributed by atoms with Crippen LogP contribution in [0.25, 0.3) is 0 Å². The van der Waals surface area contributed by atoms with Gasteiger partial charge in [0.15, 0.2) is 0 Å². The van der Waals surface area contributed by atoms with Crippen LogP contribution < -0.4 is 5.73 Å². The van der Waals surface area contributed by atoms with Crippen molar-refractivity contribution in [2.45, 2.75) is 6.42 Å². The van der Waals surface area contributed by atoms with E-state index in [9.17, 15) is 13.6 Å². The van der Waals surface area contributed by atoms with E-state index in [1.165, 1.54) is 6.07 Å². The summed E-state index contributed by atoms with van der Waals surface area (Å²) >= 11 is 4.84. The molecule has 0 unspecified atom stereocenters. The lowest BCUT2D eigenvalue weighted by Gasteiger charge is -2.34. The summed E-state index contributed by atoms with van der Waals surface area (Å²) in [5, 5.41) is 0. The minimum atomic E-state index is -0.685. The Labute approximate surface area is 127 Å². The Morgan fingerprint density at radius 3 is 2.29 bits per heavy atom. The Balaban J connectivity index is 1.92. The second-order valence-corrected chi connectivity index (χ2v) is 5.52. The first-order chi connectivity index (χ1) is 9.97. The van der Waals surface area contributed by atoms with Gasteiger partial charge in [-0.2, -0.15) is 0 Å². The molecule has 2 N–H and O–H groups in total. The molecule has 0 bridgehead atoms. The van der Waals surface area contributed by atoms with Gasteiger partial charge in [0, 0.05) is 38.3 Å². The Morgan fingerprint density at radius 2 is 1.76 bits per heavy atom. The number of nitrogens with two attached hydrogens (primary N) is 1. The number of rotatable bonds is 4. The summed E-state index contributed by atoms with van der Waals surface area (Å²) in [6.45, 7) is 2.86. The third-order valence-electron chi connectivity index (χ3n) is 3.49. The molecule has 1 aliphatic heterocycles. The second-order valence-electron chi connectivity index (χ2n) is 5.00. The molecule has 1 fully saturated rings. The Bertz CT molecular complexity index is 525. The maximum atomic E-state index is 13.5. The van der Waals surface area contributed by atoms with E-state index in [0.29, 0.717) is 37.7 Å². The maximum absolute atomic E-state index is 13.5. The molecule has 1 aromatic rings. The molecule has 114 valence electrons. The van der Waals surface area contributed by atoms with Crippen LogP contribution in [0.5, 0.6) is 0 Å². The lowest BCUT2D eigenvalue weighted by Crippen LogP contribution is -2.50. The molecule has 1 aromatic carbocycles. The fourth-order valence-electron chi connectivity index (χ4n) is 2.34. The zero-order valence-electron chi connectivity index (χ0n) is 11.5. The molecule has 1 saturated heterocycles. The number of amides is 1. The van der Waals surface area contributed by atoms with Gasteiger partial charge in [0.1, 0.15) is 11.6 Å². The van der Waals surface area contributed by atoms with Crippen molar-refractivity contribution in [2.75, 3.05) is 32.7 Å². The molecule has 0 saturated carbocycles. The normalized spacial score (nSPS) is 16.0. The van der Waals surface area contributed by atoms with Gasteiger partial charge in [0.2, 0.25) is 5.91 Å². The fourth-order valence-corrected chi connectivity index (χ4v) is 2.52. The molecular weight excluding hydrogens is 296 g/mol. The van der Waals surface area contributed by atoms with E-state index in [1.807, 2.05) is 0 Å². The molecule has 4 nitrogen and oxygen atoms in total. The third-order valence-corrected chi connectivity index (χ3v) is 3.62. The van der Waals surface area contributed by atoms with Crippen molar-refractivity contribution >= 4 is 23.1 Å². The minimum Gasteiger partial charge on any atom is -0.392 e. The fraction of sp³-hybridized carbons (Fsp3) is 0.429. The van der Waals surface area contributed by atoms with Crippen molar-refractivity contribution in [3.63, 3.8) is 0 Å². The molecule has 0 spiro atoms. The van der Waals surface area contributed by atoms with Crippen LogP contribution in [0.1, 0.15) is 5.56 Å². The number of hydrogen-bond donors (Lipinski definition) is 1. The molecule has 21 heavy (non-hydrogen) atoms. The maximum Gasteiger partial charge on any atom is 0.227 e.